The summed E-state index contributed by atoms with van der Waals surface area (Å²) >= 11 is 1.87. The number of benzene rings is 8. The third kappa shape index (κ3) is 3.75. The van der Waals surface area contributed by atoms with Crippen molar-refractivity contribution in [3.8, 4) is 11.1 Å². The molecule has 0 fully saturated rings. The largest absolute Gasteiger partial charge is 0.310 e. The van der Waals surface area contributed by atoms with Crippen molar-refractivity contribution in [1.82, 2.24) is 8.80 Å². The Hall–Kier alpha value is -6.62. The summed E-state index contributed by atoms with van der Waals surface area (Å²) < 4.78 is 7.65. The van der Waals surface area contributed by atoms with Crippen LogP contribution in [-0.4, -0.2) is 8.80 Å². The van der Waals surface area contributed by atoms with Crippen LogP contribution >= 0.6 is 11.3 Å². The van der Waals surface area contributed by atoms with Gasteiger partial charge in [-0.2, -0.15) is 0 Å². The van der Waals surface area contributed by atoms with Gasteiger partial charge in [0, 0.05) is 64.2 Å². The Morgan fingerprint density at radius 1 is 0.400 bits per heavy atom. The Morgan fingerprint density at radius 3 is 1.73 bits per heavy atom. The van der Waals surface area contributed by atoms with Crippen LogP contribution in [0.2, 0.25) is 0 Å². The standard InChI is InChI=1S/C51H33N3S/c1-51(2)41-15-7-3-11-33(41)34-22-19-30(27-42(34)51)52(32-20-23-38-37-14-6-10-18-47(37)55-48(38)29-32)31-21-26-45-46(28-31)54-44-17-9-5-13-36(44)40-25-24-39-35-12-4-8-16-43(35)53(45)49(39)50(40)54/h3-29H,1-2H3. The third-order valence-corrected chi connectivity index (χ3v) is 13.7. The summed E-state index contributed by atoms with van der Waals surface area (Å²) in [6.07, 6.45) is 0. The number of nitrogens with zero attached hydrogens (tertiary/aromatic N) is 3. The highest BCUT2D eigenvalue weighted by molar-refractivity contribution is 7.25. The summed E-state index contributed by atoms with van der Waals surface area (Å²) in [4.78, 5) is 2.48. The van der Waals surface area contributed by atoms with E-state index in [-0.39, 0.29) is 5.41 Å². The predicted molar refractivity (Wildman–Crippen MR) is 235 cm³/mol. The summed E-state index contributed by atoms with van der Waals surface area (Å²) in [7, 11) is 0. The Morgan fingerprint density at radius 2 is 0.945 bits per heavy atom. The zero-order chi connectivity index (χ0) is 36.2. The number of aromatic nitrogens is 2. The lowest BCUT2D eigenvalue weighted by Gasteiger charge is -2.28. The summed E-state index contributed by atoms with van der Waals surface area (Å²) in [5.41, 5.74) is 16.2. The fraction of sp³-hybridized carbons (Fsp3) is 0.0588. The van der Waals surface area contributed by atoms with Crippen molar-refractivity contribution in [3.63, 3.8) is 0 Å². The van der Waals surface area contributed by atoms with Crippen LogP contribution in [0.15, 0.2) is 164 Å². The highest BCUT2D eigenvalue weighted by Crippen LogP contribution is 2.51. The first kappa shape index (κ1) is 29.8. The molecule has 0 spiro atoms. The molecule has 0 saturated heterocycles. The monoisotopic (exact) mass is 719 g/mol. The van der Waals surface area contributed by atoms with E-state index in [0.717, 1.165) is 17.1 Å². The van der Waals surface area contributed by atoms with Crippen LogP contribution in [0, 0.1) is 0 Å². The fourth-order valence-electron chi connectivity index (χ4n) is 10.2. The minimum atomic E-state index is -0.112. The van der Waals surface area contributed by atoms with Gasteiger partial charge in [-0.05, 0) is 82.9 Å². The van der Waals surface area contributed by atoms with Crippen LogP contribution in [0.3, 0.4) is 0 Å². The average molecular weight is 720 g/mol. The normalized spacial score (nSPS) is 13.8. The third-order valence-electron chi connectivity index (χ3n) is 12.6. The van der Waals surface area contributed by atoms with Gasteiger partial charge in [0.05, 0.1) is 33.1 Å². The van der Waals surface area contributed by atoms with Gasteiger partial charge >= 0.3 is 0 Å². The van der Waals surface area contributed by atoms with Gasteiger partial charge in [-0.15, -0.1) is 11.3 Å². The number of thiophene rings is 1. The van der Waals surface area contributed by atoms with E-state index in [0.29, 0.717) is 0 Å². The van der Waals surface area contributed by atoms with Crippen molar-refractivity contribution in [2.45, 2.75) is 19.3 Å². The molecule has 0 aliphatic heterocycles. The van der Waals surface area contributed by atoms with Gasteiger partial charge in [-0.1, -0.05) is 117 Å². The molecule has 0 N–H and O–H groups in total. The molecule has 12 aromatic rings. The molecule has 4 heterocycles. The number of hydrogen-bond donors (Lipinski definition) is 0. The molecule has 4 heteroatoms. The Bertz CT molecular complexity index is 3590. The quantitative estimate of drug-likeness (QED) is 0.166. The highest BCUT2D eigenvalue weighted by atomic mass is 32.1. The Labute approximate surface area is 320 Å². The van der Waals surface area contributed by atoms with Crippen LogP contribution in [0.25, 0.3) is 85.9 Å². The second-order valence-electron chi connectivity index (χ2n) is 15.8. The first-order valence-corrected chi connectivity index (χ1v) is 19.9. The molecule has 0 amide bonds. The fourth-order valence-corrected chi connectivity index (χ4v) is 11.3. The van der Waals surface area contributed by atoms with Crippen molar-refractivity contribution in [3.05, 3.63) is 175 Å². The Balaban J connectivity index is 1.13. The summed E-state index contributed by atoms with van der Waals surface area (Å²) in [5, 5.41) is 7.77. The van der Waals surface area contributed by atoms with Crippen molar-refractivity contribution in [2.75, 3.05) is 4.90 Å². The molecule has 1 aliphatic rings. The van der Waals surface area contributed by atoms with Crippen molar-refractivity contribution in [2.24, 2.45) is 0 Å². The van der Waals surface area contributed by atoms with Gasteiger partial charge < -0.3 is 13.7 Å². The summed E-state index contributed by atoms with van der Waals surface area (Å²) in [6, 6.07) is 61.4. The minimum Gasteiger partial charge on any atom is -0.310 e. The SMILES string of the molecule is CC1(C)c2ccccc2-c2ccc(N(c3ccc4c(c3)sc3ccccc34)c3ccc4c(c3)n3c5ccccc5c5ccc6c7ccccc7n4c6c53)cc21. The van der Waals surface area contributed by atoms with E-state index >= 15 is 0 Å². The van der Waals surface area contributed by atoms with E-state index in [1.165, 1.54) is 97.1 Å². The van der Waals surface area contributed by atoms with E-state index < -0.39 is 0 Å². The van der Waals surface area contributed by atoms with Gasteiger partial charge in [0.25, 0.3) is 0 Å². The molecule has 8 aromatic carbocycles. The van der Waals surface area contributed by atoms with E-state index in [4.69, 9.17) is 0 Å². The molecule has 0 saturated carbocycles. The molecule has 1 aliphatic carbocycles. The smallest absolute Gasteiger partial charge is 0.0789 e. The first-order chi connectivity index (χ1) is 27.0. The Kier molecular flexibility index (Phi) is 5.59. The number of rotatable bonds is 3. The minimum absolute atomic E-state index is 0.112. The lowest BCUT2D eigenvalue weighted by Crippen LogP contribution is -2.16. The second kappa shape index (κ2) is 10.3. The van der Waals surface area contributed by atoms with Crippen molar-refractivity contribution in [1.29, 1.82) is 0 Å². The molecule has 0 atom stereocenters. The molecular formula is C51H33N3S. The maximum absolute atomic E-state index is 2.53. The molecule has 0 unspecified atom stereocenters. The molecule has 0 bridgehead atoms. The van der Waals surface area contributed by atoms with Gasteiger partial charge in [-0.25, -0.2) is 0 Å². The number of para-hydroxylation sites is 2. The summed E-state index contributed by atoms with van der Waals surface area (Å²) in [5.74, 6) is 0. The molecular weight excluding hydrogens is 687 g/mol. The maximum atomic E-state index is 2.53. The van der Waals surface area contributed by atoms with Crippen molar-refractivity contribution < 1.29 is 0 Å². The molecule has 0 radical (unpaired) electrons. The highest BCUT2D eigenvalue weighted by Gasteiger charge is 2.36. The number of hydrogen-bond acceptors (Lipinski definition) is 2. The molecule has 13 rings (SSSR count). The van der Waals surface area contributed by atoms with Gasteiger partial charge in [0.2, 0.25) is 0 Å². The van der Waals surface area contributed by atoms with Gasteiger partial charge in [0.1, 0.15) is 0 Å². The lowest BCUT2D eigenvalue weighted by molar-refractivity contribution is 0.660. The molecule has 3 nitrogen and oxygen atoms in total. The first-order valence-electron chi connectivity index (χ1n) is 19.1. The lowest BCUT2D eigenvalue weighted by atomic mass is 9.82. The van der Waals surface area contributed by atoms with Crippen LogP contribution in [0.4, 0.5) is 17.1 Å². The maximum Gasteiger partial charge on any atom is 0.0789 e. The summed E-state index contributed by atoms with van der Waals surface area (Å²) in [6.45, 7) is 4.74. The van der Waals surface area contributed by atoms with E-state index in [1.54, 1.807) is 0 Å². The second-order valence-corrected chi connectivity index (χ2v) is 16.8. The van der Waals surface area contributed by atoms with Gasteiger partial charge in [-0.3, -0.25) is 0 Å². The molecule has 258 valence electrons. The average Bonchev–Trinajstić information content (AvgIpc) is 3.94. The van der Waals surface area contributed by atoms with Crippen molar-refractivity contribution >= 4 is 103 Å². The van der Waals surface area contributed by atoms with Crippen LogP contribution in [0.5, 0.6) is 0 Å². The topological polar surface area (TPSA) is 12.1 Å². The number of anilines is 3. The van der Waals surface area contributed by atoms with E-state index in [9.17, 15) is 0 Å². The van der Waals surface area contributed by atoms with Crippen LogP contribution in [0.1, 0.15) is 25.0 Å². The molecule has 4 aromatic heterocycles. The van der Waals surface area contributed by atoms with Gasteiger partial charge in [0.15, 0.2) is 0 Å². The zero-order valence-electron chi connectivity index (χ0n) is 30.3. The van der Waals surface area contributed by atoms with Crippen LogP contribution < -0.4 is 4.90 Å². The zero-order valence-corrected chi connectivity index (χ0v) is 31.2. The van der Waals surface area contributed by atoms with E-state index in [1.807, 2.05) is 11.3 Å². The predicted octanol–water partition coefficient (Wildman–Crippen LogP) is 14.4. The number of fused-ring (bicyclic) bond motifs is 15. The van der Waals surface area contributed by atoms with E-state index in [2.05, 4.69) is 191 Å². The van der Waals surface area contributed by atoms with Crippen LogP contribution in [-0.2, 0) is 5.41 Å². The molecule has 55 heavy (non-hydrogen) atoms.